The molecule has 0 amide bonds. The molecule has 0 bridgehead atoms. The van der Waals surface area contributed by atoms with Crippen molar-refractivity contribution >= 4 is 22.9 Å². The van der Waals surface area contributed by atoms with Gasteiger partial charge in [0.1, 0.15) is 5.82 Å². The summed E-state index contributed by atoms with van der Waals surface area (Å²) >= 11 is 6.94. The Hall–Kier alpha value is -2.00. The molecule has 3 aromatic rings. The van der Waals surface area contributed by atoms with Gasteiger partial charge in [0, 0.05) is 18.6 Å². The summed E-state index contributed by atoms with van der Waals surface area (Å²) in [5.41, 5.74) is 1.22. The van der Waals surface area contributed by atoms with E-state index in [1.54, 1.807) is 12.4 Å². The molecule has 3 rings (SSSR count). The van der Waals surface area contributed by atoms with E-state index >= 15 is 0 Å². The maximum Gasteiger partial charge on any atom is 0.434 e. The molecule has 0 atom stereocenters. The SMILES string of the molecule is Cc1ncsc1-c1nc(C(F)(F)F)cn1Cc1ncc(Cl)cn1. The Labute approximate surface area is 137 Å². The van der Waals surface area contributed by atoms with Crippen molar-refractivity contribution in [2.24, 2.45) is 0 Å². The number of alkyl halides is 3. The first-order valence-electron chi connectivity index (χ1n) is 6.36. The second-order valence-corrected chi connectivity index (χ2v) is 5.95. The van der Waals surface area contributed by atoms with Crippen LogP contribution in [-0.2, 0) is 12.7 Å². The topological polar surface area (TPSA) is 56.5 Å². The standard InChI is InChI=1S/C13H9ClF3N5S/c1-7-11(23-6-20-7)12-21-9(13(15,16)17)4-22(12)5-10-18-2-8(14)3-19-10/h2-4,6H,5H2,1H3. The van der Waals surface area contributed by atoms with Gasteiger partial charge in [-0.15, -0.1) is 11.3 Å². The number of aryl methyl sites for hydroxylation is 1. The summed E-state index contributed by atoms with van der Waals surface area (Å²) in [6, 6.07) is 0. The summed E-state index contributed by atoms with van der Waals surface area (Å²) < 4.78 is 40.3. The maximum atomic E-state index is 13.0. The minimum Gasteiger partial charge on any atom is -0.322 e. The summed E-state index contributed by atoms with van der Waals surface area (Å²) in [4.78, 5) is 16.4. The van der Waals surface area contributed by atoms with Gasteiger partial charge in [-0.1, -0.05) is 11.6 Å². The molecule has 0 aliphatic rings. The zero-order valence-corrected chi connectivity index (χ0v) is 13.2. The minimum absolute atomic E-state index is 0.0485. The van der Waals surface area contributed by atoms with E-state index in [-0.39, 0.29) is 12.4 Å². The molecule has 3 heterocycles. The van der Waals surface area contributed by atoms with E-state index in [0.29, 0.717) is 21.4 Å². The van der Waals surface area contributed by atoms with Crippen LogP contribution < -0.4 is 0 Å². The highest BCUT2D eigenvalue weighted by molar-refractivity contribution is 7.13. The Bertz CT molecular complexity index is 825. The van der Waals surface area contributed by atoms with Gasteiger partial charge in [-0.05, 0) is 6.92 Å². The summed E-state index contributed by atoms with van der Waals surface area (Å²) in [5, 5.41) is 0.355. The van der Waals surface area contributed by atoms with Gasteiger partial charge in [-0.2, -0.15) is 13.2 Å². The first-order valence-corrected chi connectivity index (χ1v) is 7.61. The molecule has 0 saturated heterocycles. The fourth-order valence-electron chi connectivity index (χ4n) is 1.94. The molecule has 10 heteroatoms. The molecule has 5 nitrogen and oxygen atoms in total. The van der Waals surface area contributed by atoms with Gasteiger partial charge in [0.25, 0.3) is 0 Å². The fourth-order valence-corrected chi connectivity index (χ4v) is 2.85. The van der Waals surface area contributed by atoms with Gasteiger partial charge < -0.3 is 4.57 Å². The van der Waals surface area contributed by atoms with Gasteiger partial charge in [0.15, 0.2) is 11.5 Å². The quantitative estimate of drug-likeness (QED) is 0.713. The van der Waals surface area contributed by atoms with Crippen molar-refractivity contribution in [3.63, 3.8) is 0 Å². The van der Waals surface area contributed by atoms with E-state index in [9.17, 15) is 13.2 Å². The number of thiazole rings is 1. The summed E-state index contributed by atoms with van der Waals surface area (Å²) in [7, 11) is 0. The molecule has 120 valence electrons. The third kappa shape index (κ3) is 3.35. The predicted molar refractivity (Wildman–Crippen MR) is 79.2 cm³/mol. The van der Waals surface area contributed by atoms with Crippen LogP contribution in [0.2, 0.25) is 5.02 Å². The number of halogens is 4. The lowest BCUT2D eigenvalue weighted by atomic mass is 10.3. The lowest BCUT2D eigenvalue weighted by molar-refractivity contribution is -0.140. The van der Waals surface area contributed by atoms with E-state index in [1.807, 2.05) is 0 Å². The Kier molecular flexibility index (Phi) is 4.07. The van der Waals surface area contributed by atoms with Crippen LogP contribution in [0.25, 0.3) is 10.7 Å². The molecule has 0 saturated carbocycles. The van der Waals surface area contributed by atoms with E-state index in [4.69, 9.17) is 11.6 Å². The van der Waals surface area contributed by atoms with Crippen LogP contribution in [0.15, 0.2) is 24.1 Å². The van der Waals surface area contributed by atoms with Gasteiger partial charge in [-0.25, -0.2) is 19.9 Å². The highest BCUT2D eigenvalue weighted by Gasteiger charge is 2.35. The Morgan fingerprint density at radius 3 is 2.48 bits per heavy atom. The second-order valence-electron chi connectivity index (χ2n) is 4.66. The van der Waals surface area contributed by atoms with Gasteiger partial charge in [0.2, 0.25) is 0 Å². The van der Waals surface area contributed by atoms with Crippen LogP contribution in [-0.4, -0.2) is 24.5 Å². The number of hydrogen-bond donors (Lipinski definition) is 0. The van der Waals surface area contributed by atoms with E-state index < -0.39 is 11.9 Å². The number of aromatic nitrogens is 5. The fraction of sp³-hybridized carbons (Fsp3) is 0.231. The van der Waals surface area contributed by atoms with Crippen molar-refractivity contribution in [1.29, 1.82) is 0 Å². The Balaban J connectivity index is 2.05. The van der Waals surface area contributed by atoms with Crippen LogP contribution in [0.1, 0.15) is 17.2 Å². The third-order valence-corrected chi connectivity index (χ3v) is 4.12. The number of nitrogens with zero attached hydrogens (tertiary/aromatic N) is 5. The zero-order valence-electron chi connectivity index (χ0n) is 11.7. The highest BCUT2D eigenvalue weighted by atomic mass is 35.5. The smallest absolute Gasteiger partial charge is 0.322 e. The number of imidazole rings is 1. The van der Waals surface area contributed by atoms with Gasteiger partial charge in [-0.3, -0.25) is 0 Å². The average Bonchev–Trinajstić information content (AvgIpc) is 3.07. The molecular weight excluding hydrogens is 351 g/mol. The van der Waals surface area contributed by atoms with Crippen LogP contribution in [0.3, 0.4) is 0 Å². The molecule has 0 aromatic carbocycles. The highest BCUT2D eigenvalue weighted by Crippen LogP contribution is 2.33. The summed E-state index contributed by atoms with van der Waals surface area (Å²) in [6.07, 6.45) is -0.794. The molecule has 0 aliphatic carbocycles. The monoisotopic (exact) mass is 359 g/mol. The molecule has 0 radical (unpaired) electrons. The molecule has 0 unspecified atom stereocenters. The lowest BCUT2D eigenvalue weighted by Crippen LogP contribution is -2.06. The van der Waals surface area contributed by atoms with Gasteiger partial charge in [0.05, 0.1) is 27.6 Å². The van der Waals surface area contributed by atoms with E-state index in [1.165, 1.54) is 28.3 Å². The van der Waals surface area contributed by atoms with Crippen molar-refractivity contribution in [1.82, 2.24) is 24.5 Å². The van der Waals surface area contributed by atoms with Crippen molar-refractivity contribution in [3.8, 4) is 10.7 Å². The molecule has 23 heavy (non-hydrogen) atoms. The lowest BCUT2D eigenvalue weighted by Gasteiger charge is -2.05. The van der Waals surface area contributed by atoms with Crippen molar-refractivity contribution < 1.29 is 13.2 Å². The van der Waals surface area contributed by atoms with Crippen molar-refractivity contribution in [2.45, 2.75) is 19.6 Å². The second kappa shape index (κ2) is 5.89. The Morgan fingerprint density at radius 1 is 1.22 bits per heavy atom. The van der Waals surface area contributed by atoms with Crippen LogP contribution in [0, 0.1) is 6.92 Å². The summed E-state index contributed by atoms with van der Waals surface area (Å²) in [6.45, 7) is 1.77. The largest absolute Gasteiger partial charge is 0.434 e. The molecular formula is C13H9ClF3N5S. The van der Waals surface area contributed by atoms with Crippen LogP contribution in [0.4, 0.5) is 13.2 Å². The average molecular weight is 360 g/mol. The van der Waals surface area contributed by atoms with Crippen molar-refractivity contribution in [2.75, 3.05) is 0 Å². The predicted octanol–water partition coefficient (Wildman–Crippen LogP) is 3.83. The molecule has 0 spiro atoms. The third-order valence-electron chi connectivity index (χ3n) is 3.00. The summed E-state index contributed by atoms with van der Waals surface area (Å²) in [5.74, 6) is 0.528. The minimum atomic E-state index is -4.53. The molecule has 0 fully saturated rings. The first kappa shape index (κ1) is 15.9. The van der Waals surface area contributed by atoms with Crippen LogP contribution in [0.5, 0.6) is 0 Å². The normalized spacial score (nSPS) is 11.9. The zero-order chi connectivity index (χ0) is 16.6. The van der Waals surface area contributed by atoms with E-state index in [2.05, 4.69) is 19.9 Å². The van der Waals surface area contributed by atoms with Gasteiger partial charge >= 0.3 is 6.18 Å². The van der Waals surface area contributed by atoms with Crippen LogP contribution >= 0.6 is 22.9 Å². The molecule has 3 aromatic heterocycles. The first-order chi connectivity index (χ1) is 10.8. The maximum absolute atomic E-state index is 13.0. The van der Waals surface area contributed by atoms with E-state index in [0.717, 1.165) is 6.20 Å². The number of hydrogen-bond acceptors (Lipinski definition) is 5. The molecule has 0 N–H and O–H groups in total. The van der Waals surface area contributed by atoms with Crippen molar-refractivity contribution in [3.05, 3.63) is 46.3 Å². The molecule has 0 aliphatic heterocycles. The number of rotatable bonds is 3. The Morgan fingerprint density at radius 2 is 1.91 bits per heavy atom.